The molecule has 0 N–H and O–H groups in total. The summed E-state index contributed by atoms with van der Waals surface area (Å²) in [5.74, 6) is 1.77. The van der Waals surface area contributed by atoms with Gasteiger partial charge in [0.05, 0.1) is 0 Å². The first-order chi connectivity index (χ1) is 11.0. The normalized spacial score (nSPS) is 11.3. The van der Waals surface area contributed by atoms with E-state index in [0.29, 0.717) is 5.92 Å². The van der Waals surface area contributed by atoms with Crippen molar-refractivity contribution in [2.24, 2.45) is 5.92 Å². The number of nitrogens with zero attached hydrogens (tertiary/aromatic N) is 2. The third kappa shape index (κ3) is 3.56. The fourth-order valence-electron chi connectivity index (χ4n) is 2.87. The van der Waals surface area contributed by atoms with E-state index in [1.807, 2.05) is 30.7 Å². The summed E-state index contributed by atoms with van der Waals surface area (Å²) in [6.07, 6.45) is 5.06. The largest absolute Gasteiger partial charge is 0.331 e. The molecule has 0 unspecified atom stereocenters. The molecule has 1 aromatic carbocycles. The Kier molecular flexibility index (Phi) is 4.67. The number of rotatable bonds is 5. The molecule has 2 aromatic heterocycles. The molecule has 0 atom stereocenters. The molecule has 2 heterocycles. The van der Waals surface area contributed by atoms with Gasteiger partial charge in [-0.3, -0.25) is 0 Å². The van der Waals surface area contributed by atoms with Crippen LogP contribution in [0.1, 0.15) is 35.7 Å². The van der Waals surface area contributed by atoms with Gasteiger partial charge in [-0.15, -0.1) is 11.3 Å². The minimum absolute atomic E-state index is 0.709. The molecule has 0 aliphatic rings. The van der Waals surface area contributed by atoms with Gasteiger partial charge in [0.1, 0.15) is 5.82 Å². The lowest BCUT2D eigenvalue weighted by molar-refractivity contribution is 0.652. The highest BCUT2D eigenvalue weighted by molar-refractivity contribution is 7.10. The molecule has 0 saturated carbocycles. The summed E-state index contributed by atoms with van der Waals surface area (Å²) in [6, 6.07) is 8.95. The van der Waals surface area contributed by atoms with Crippen molar-refractivity contribution in [2.75, 3.05) is 0 Å². The molecule has 23 heavy (non-hydrogen) atoms. The van der Waals surface area contributed by atoms with Crippen LogP contribution < -0.4 is 0 Å². The van der Waals surface area contributed by atoms with Crippen molar-refractivity contribution >= 4 is 11.3 Å². The van der Waals surface area contributed by atoms with E-state index in [1.54, 1.807) is 0 Å². The molecule has 3 rings (SSSR count). The van der Waals surface area contributed by atoms with Crippen LogP contribution in [0, 0.1) is 19.8 Å². The van der Waals surface area contributed by atoms with Gasteiger partial charge >= 0.3 is 0 Å². The lowest BCUT2D eigenvalue weighted by Gasteiger charge is -2.08. The van der Waals surface area contributed by atoms with Crippen molar-refractivity contribution in [1.29, 1.82) is 0 Å². The second-order valence-corrected chi connectivity index (χ2v) is 7.56. The van der Waals surface area contributed by atoms with Crippen LogP contribution in [-0.4, -0.2) is 9.55 Å². The molecule has 0 fully saturated rings. The lowest BCUT2D eigenvalue weighted by atomic mass is 9.99. The van der Waals surface area contributed by atoms with Crippen LogP contribution in [0.5, 0.6) is 0 Å². The maximum atomic E-state index is 4.28. The first-order valence-corrected chi connectivity index (χ1v) is 9.06. The first-order valence-electron chi connectivity index (χ1n) is 8.18. The summed E-state index contributed by atoms with van der Waals surface area (Å²) >= 11 is 1.90. The van der Waals surface area contributed by atoms with Gasteiger partial charge in [0.2, 0.25) is 0 Å². The highest BCUT2D eigenvalue weighted by Gasteiger charge is 2.10. The standard InChI is InChI=1S/C20H24N2S/c1-14(2)11-20-15(3)19(13-23-20)18-7-5-17(6-8-18)12-22-10-9-21-16(22)4/h5-10,13-14H,11-12H2,1-4H3. The molecular weight excluding hydrogens is 300 g/mol. The van der Waals surface area contributed by atoms with E-state index in [0.717, 1.165) is 12.4 Å². The Morgan fingerprint density at radius 1 is 1.13 bits per heavy atom. The van der Waals surface area contributed by atoms with Crippen molar-refractivity contribution < 1.29 is 0 Å². The topological polar surface area (TPSA) is 17.8 Å². The average Bonchev–Trinajstić information content (AvgIpc) is 3.07. The third-order valence-electron chi connectivity index (χ3n) is 4.28. The molecule has 0 aliphatic heterocycles. The van der Waals surface area contributed by atoms with E-state index in [4.69, 9.17) is 0 Å². The summed E-state index contributed by atoms with van der Waals surface area (Å²) in [5, 5.41) is 2.31. The Morgan fingerprint density at radius 3 is 2.48 bits per heavy atom. The minimum atomic E-state index is 0.709. The second-order valence-electron chi connectivity index (χ2n) is 6.59. The van der Waals surface area contributed by atoms with Crippen LogP contribution in [0.3, 0.4) is 0 Å². The fourth-order valence-corrected chi connectivity index (χ4v) is 4.16. The average molecular weight is 324 g/mol. The van der Waals surface area contributed by atoms with Crippen molar-refractivity contribution in [1.82, 2.24) is 9.55 Å². The van der Waals surface area contributed by atoms with Gasteiger partial charge in [0.15, 0.2) is 0 Å². The first kappa shape index (κ1) is 16.0. The van der Waals surface area contributed by atoms with E-state index in [-0.39, 0.29) is 0 Å². The molecule has 0 amide bonds. The number of hydrogen-bond acceptors (Lipinski definition) is 2. The summed E-state index contributed by atoms with van der Waals surface area (Å²) < 4.78 is 2.17. The number of imidazole rings is 1. The zero-order valence-corrected chi connectivity index (χ0v) is 15.2. The van der Waals surface area contributed by atoms with Crippen molar-refractivity contribution in [3.05, 3.63) is 63.9 Å². The number of aryl methyl sites for hydroxylation is 1. The number of aromatic nitrogens is 2. The molecule has 0 radical (unpaired) electrons. The van der Waals surface area contributed by atoms with E-state index in [2.05, 4.69) is 60.0 Å². The van der Waals surface area contributed by atoms with Crippen molar-refractivity contribution in [2.45, 2.75) is 40.7 Å². The quantitative estimate of drug-likeness (QED) is 0.608. The zero-order valence-electron chi connectivity index (χ0n) is 14.3. The maximum absolute atomic E-state index is 4.28. The molecule has 2 nitrogen and oxygen atoms in total. The molecular formula is C20H24N2S. The Bertz CT molecular complexity index is 778. The summed E-state index contributed by atoms with van der Waals surface area (Å²) in [6.45, 7) is 9.75. The van der Waals surface area contributed by atoms with Crippen LogP contribution >= 0.6 is 11.3 Å². The molecule has 120 valence electrons. The predicted molar refractivity (Wildman–Crippen MR) is 99.1 cm³/mol. The maximum Gasteiger partial charge on any atom is 0.105 e. The lowest BCUT2D eigenvalue weighted by Crippen LogP contribution is -2.00. The summed E-state index contributed by atoms with van der Waals surface area (Å²) in [4.78, 5) is 5.80. The van der Waals surface area contributed by atoms with Gasteiger partial charge in [-0.2, -0.15) is 0 Å². The molecule has 0 spiro atoms. The van der Waals surface area contributed by atoms with E-state index < -0.39 is 0 Å². The van der Waals surface area contributed by atoms with E-state index in [1.165, 1.54) is 33.6 Å². The Morgan fingerprint density at radius 2 is 1.87 bits per heavy atom. The minimum Gasteiger partial charge on any atom is -0.331 e. The zero-order chi connectivity index (χ0) is 16.4. The molecule has 3 aromatic rings. The van der Waals surface area contributed by atoms with Gasteiger partial charge in [-0.1, -0.05) is 38.1 Å². The molecule has 3 heteroatoms. The van der Waals surface area contributed by atoms with Gasteiger partial charge in [-0.25, -0.2) is 4.98 Å². The van der Waals surface area contributed by atoms with Gasteiger partial charge < -0.3 is 4.57 Å². The van der Waals surface area contributed by atoms with Crippen molar-refractivity contribution in [3.8, 4) is 11.1 Å². The second kappa shape index (κ2) is 6.71. The summed E-state index contributed by atoms with van der Waals surface area (Å²) in [5.41, 5.74) is 5.46. The SMILES string of the molecule is Cc1c(-c2ccc(Cn3ccnc3C)cc2)csc1CC(C)C. The Labute approximate surface area is 142 Å². The smallest absolute Gasteiger partial charge is 0.105 e. The predicted octanol–water partition coefficient (Wildman–Crippen LogP) is 5.48. The van der Waals surface area contributed by atoms with Gasteiger partial charge in [0.25, 0.3) is 0 Å². The van der Waals surface area contributed by atoms with Crippen LogP contribution in [0.2, 0.25) is 0 Å². The highest BCUT2D eigenvalue weighted by atomic mass is 32.1. The van der Waals surface area contributed by atoms with Gasteiger partial charge in [-0.05, 0) is 53.8 Å². The summed E-state index contributed by atoms with van der Waals surface area (Å²) in [7, 11) is 0. The molecule has 0 bridgehead atoms. The van der Waals surface area contributed by atoms with E-state index in [9.17, 15) is 0 Å². The number of benzene rings is 1. The van der Waals surface area contributed by atoms with Crippen LogP contribution in [0.25, 0.3) is 11.1 Å². The fraction of sp³-hybridized carbons (Fsp3) is 0.350. The third-order valence-corrected chi connectivity index (χ3v) is 5.39. The van der Waals surface area contributed by atoms with Crippen molar-refractivity contribution in [3.63, 3.8) is 0 Å². The Balaban J connectivity index is 1.80. The van der Waals surface area contributed by atoms with E-state index >= 15 is 0 Å². The number of thiophene rings is 1. The molecule has 0 saturated heterocycles. The highest BCUT2D eigenvalue weighted by Crippen LogP contribution is 2.32. The van der Waals surface area contributed by atoms with Crippen LogP contribution in [0.15, 0.2) is 42.0 Å². The van der Waals surface area contributed by atoms with Gasteiger partial charge in [0, 0.05) is 23.8 Å². The number of hydrogen-bond donors (Lipinski definition) is 0. The Hall–Kier alpha value is -1.87. The van der Waals surface area contributed by atoms with Crippen LogP contribution in [-0.2, 0) is 13.0 Å². The van der Waals surface area contributed by atoms with Crippen LogP contribution in [0.4, 0.5) is 0 Å². The molecule has 0 aliphatic carbocycles. The monoisotopic (exact) mass is 324 g/mol.